The molecule has 1 unspecified atom stereocenters. The Morgan fingerprint density at radius 3 is 2.81 bits per heavy atom. The quantitative estimate of drug-likeness (QED) is 0.858. The summed E-state index contributed by atoms with van der Waals surface area (Å²) in [4.78, 5) is 4.39. The van der Waals surface area contributed by atoms with E-state index in [0.29, 0.717) is 37.1 Å². The predicted octanol–water partition coefficient (Wildman–Crippen LogP) is 1.41. The van der Waals surface area contributed by atoms with E-state index in [1.165, 1.54) is 0 Å². The largest absolute Gasteiger partial charge is 0.370 e. The fourth-order valence-electron chi connectivity index (χ4n) is 1.96. The van der Waals surface area contributed by atoms with Gasteiger partial charge >= 0.3 is 0 Å². The number of hydrogen-bond acceptors (Lipinski definition) is 7. The molecule has 0 aliphatic rings. The summed E-state index contributed by atoms with van der Waals surface area (Å²) in [5.74, 6) is 0.856. The first-order valence-electron chi connectivity index (χ1n) is 7.01. The van der Waals surface area contributed by atoms with Gasteiger partial charge in [0.1, 0.15) is 6.10 Å². The molecular weight excluding hydrogens is 272 g/mol. The zero-order valence-electron chi connectivity index (χ0n) is 12.9. The van der Waals surface area contributed by atoms with Gasteiger partial charge in [-0.1, -0.05) is 31.1 Å². The zero-order valence-corrected chi connectivity index (χ0v) is 12.9. The summed E-state index contributed by atoms with van der Waals surface area (Å²) in [6, 6.07) is 0. The molecule has 2 rings (SSSR count). The van der Waals surface area contributed by atoms with Crippen molar-refractivity contribution in [3.8, 4) is 11.6 Å². The van der Waals surface area contributed by atoms with Crippen LogP contribution in [-0.2, 0) is 11.3 Å². The molecule has 0 saturated carbocycles. The average Bonchev–Trinajstić information content (AvgIpc) is 3.03. The zero-order chi connectivity index (χ0) is 15.5. The fraction of sp³-hybridized carbons (Fsp3) is 0.692. The normalized spacial score (nSPS) is 13.6. The molecular formula is C13H22N6O2. The molecule has 0 saturated heterocycles. The van der Waals surface area contributed by atoms with Gasteiger partial charge in [0.05, 0.1) is 12.7 Å². The van der Waals surface area contributed by atoms with Crippen LogP contribution in [0.5, 0.6) is 0 Å². The van der Waals surface area contributed by atoms with Crippen LogP contribution in [0.4, 0.5) is 0 Å². The molecule has 8 nitrogen and oxygen atoms in total. The van der Waals surface area contributed by atoms with Crippen molar-refractivity contribution in [1.82, 2.24) is 25.1 Å². The Morgan fingerprint density at radius 1 is 1.43 bits per heavy atom. The smallest absolute Gasteiger partial charge is 0.280 e. The van der Waals surface area contributed by atoms with E-state index in [-0.39, 0.29) is 11.5 Å². The van der Waals surface area contributed by atoms with Crippen LogP contribution < -0.4 is 5.73 Å². The minimum atomic E-state index is -0.237. The van der Waals surface area contributed by atoms with Gasteiger partial charge in [0.15, 0.2) is 5.69 Å². The van der Waals surface area contributed by atoms with Gasteiger partial charge in [0.2, 0.25) is 5.82 Å². The molecule has 0 bridgehead atoms. The van der Waals surface area contributed by atoms with Gasteiger partial charge in [-0.25, -0.2) is 0 Å². The van der Waals surface area contributed by atoms with E-state index in [1.54, 1.807) is 10.9 Å². The number of hydrogen-bond donors (Lipinski definition) is 1. The van der Waals surface area contributed by atoms with Crippen molar-refractivity contribution < 1.29 is 9.26 Å². The van der Waals surface area contributed by atoms with Crippen LogP contribution in [0, 0.1) is 5.41 Å². The molecule has 2 aromatic rings. The van der Waals surface area contributed by atoms with Crippen molar-refractivity contribution >= 4 is 0 Å². The molecule has 21 heavy (non-hydrogen) atoms. The lowest BCUT2D eigenvalue weighted by Crippen LogP contribution is -2.22. The maximum atomic E-state index is 5.74. The monoisotopic (exact) mass is 294 g/mol. The van der Waals surface area contributed by atoms with Gasteiger partial charge in [-0.2, -0.15) is 4.98 Å². The highest BCUT2D eigenvalue weighted by Crippen LogP contribution is 2.35. The molecule has 0 radical (unpaired) electrons. The van der Waals surface area contributed by atoms with E-state index < -0.39 is 0 Å². The first-order chi connectivity index (χ1) is 9.95. The van der Waals surface area contributed by atoms with Crippen LogP contribution in [0.15, 0.2) is 10.7 Å². The van der Waals surface area contributed by atoms with Crippen molar-refractivity contribution in [2.24, 2.45) is 11.1 Å². The third-order valence-corrected chi connectivity index (χ3v) is 2.91. The van der Waals surface area contributed by atoms with Crippen molar-refractivity contribution in [2.45, 2.75) is 40.3 Å². The van der Waals surface area contributed by atoms with Crippen molar-refractivity contribution in [1.29, 1.82) is 0 Å². The predicted molar refractivity (Wildman–Crippen MR) is 76.2 cm³/mol. The van der Waals surface area contributed by atoms with Gasteiger partial charge in [-0.05, 0) is 12.3 Å². The summed E-state index contributed by atoms with van der Waals surface area (Å²) in [6.45, 7) is 9.82. The molecule has 116 valence electrons. The van der Waals surface area contributed by atoms with Crippen molar-refractivity contribution in [3.63, 3.8) is 0 Å². The van der Waals surface area contributed by atoms with Crippen LogP contribution in [0.3, 0.4) is 0 Å². The minimum absolute atomic E-state index is 0.131. The van der Waals surface area contributed by atoms with Gasteiger partial charge < -0.3 is 15.0 Å². The highest BCUT2D eigenvalue weighted by molar-refractivity contribution is 5.43. The van der Waals surface area contributed by atoms with Gasteiger partial charge in [-0.15, -0.1) is 5.10 Å². The maximum Gasteiger partial charge on any atom is 0.280 e. The number of ether oxygens (including phenoxy) is 1. The first kappa shape index (κ1) is 15.6. The second kappa shape index (κ2) is 6.31. The summed E-state index contributed by atoms with van der Waals surface area (Å²) in [5.41, 5.74) is 5.88. The molecule has 0 fully saturated rings. The van der Waals surface area contributed by atoms with E-state index in [0.717, 1.165) is 0 Å². The topological polar surface area (TPSA) is 105 Å². The van der Waals surface area contributed by atoms with Crippen LogP contribution in [0.25, 0.3) is 11.6 Å². The highest BCUT2D eigenvalue weighted by atomic mass is 16.5. The molecule has 8 heteroatoms. The second-order valence-corrected chi connectivity index (χ2v) is 5.81. The number of rotatable bonds is 6. The summed E-state index contributed by atoms with van der Waals surface area (Å²) < 4.78 is 12.7. The van der Waals surface area contributed by atoms with E-state index in [2.05, 4.69) is 41.2 Å². The molecule has 0 spiro atoms. The Bertz CT molecular complexity index is 571. The standard InChI is InChI=1S/C13H22N6O2/c1-5-20-10(13(2,3)4)11-15-12(21-17-11)9-8-19(7-6-14)18-16-9/h8,10H,5-7,14H2,1-4H3. The summed E-state index contributed by atoms with van der Waals surface area (Å²) in [7, 11) is 0. The molecule has 2 aromatic heterocycles. The third-order valence-electron chi connectivity index (χ3n) is 2.91. The molecule has 0 amide bonds. The molecule has 0 aromatic carbocycles. The molecule has 1 atom stereocenters. The van der Waals surface area contributed by atoms with E-state index in [9.17, 15) is 0 Å². The average molecular weight is 294 g/mol. The summed E-state index contributed by atoms with van der Waals surface area (Å²) in [6.07, 6.45) is 1.50. The molecule has 2 N–H and O–H groups in total. The Morgan fingerprint density at radius 2 is 2.19 bits per heavy atom. The highest BCUT2D eigenvalue weighted by Gasteiger charge is 2.31. The van der Waals surface area contributed by atoms with Crippen LogP contribution >= 0.6 is 0 Å². The van der Waals surface area contributed by atoms with Gasteiger partial charge in [0.25, 0.3) is 5.89 Å². The lowest BCUT2D eigenvalue weighted by molar-refractivity contribution is -0.0203. The lowest BCUT2D eigenvalue weighted by atomic mass is 9.88. The third kappa shape index (κ3) is 3.64. The van der Waals surface area contributed by atoms with Crippen molar-refractivity contribution in [2.75, 3.05) is 13.2 Å². The van der Waals surface area contributed by atoms with Crippen LogP contribution in [-0.4, -0.2) is 38.3 Å². The van der Waals surface area contributed by atoms with Gasteiger partial charge in [0, 0.05) is 13.2 Å². The number of nitrogens with zero attached hydrogens (tertiary/aromatic N) is 5. The van der Waals surface area contributed by atoms with Gasteiger partial charge in [-0.3, -0.25) is 4.68 Å². The second-order valence-electron chi connectivity index (χ2n) is 5.81. The Balaban J connectivity index is 2.23. The molecule has 0 aliphatic heterocycles. The molecule has 0 aliphatic carbocycles. The Labute approximate surface area is 123 Å². The van der Waals surface area contributed by atoms with E-state index in [1.807, 2.05) is 6.92 Å². The minimum Gasteiger partial charge on any atom is -0.370 e. The maximum absolute atomic E-state index is 5.74. The Hall–Kier alpha value is -1.80. The number of nitrogens with two attached hydrogens (primary N) is 1. The Kier molecular flexibility index (Phi) is 4.69. The first-order valence-corrected chi connectivity index (χ1v) is 7.01. The number of aromatic nitrogens is 5. The van der Waals surface area contributed by atoms with E-state index >= 15 is 0 Å². The molecule has 2 heterocycles. The van der Waals surface area contributed by atoms with Crippen LogP contribution in [0.1, 0.15) is 39.6 Å². The SMILES string of the molecule is CCOC(c1noc(-c2cn(CCN)nn2)n1)C(C)(C)C. The van der Waals surface area contributed by atoms with Crippen molar-refractivity contribution in [3.05, 3.63) is 12.0 Å². The van der Waals surface area contributed by atoms with E-state index in [4.69, 9.17) is 15.0 Å². The summed E-state index contributed by atoms with van der Waals surface area (Å²) in [5, 5.41) is 12.0. The van der Waals surface area contributed by atoms with Crippen LogP contribution in [0.2, 0.25) is 0 Å². The fourth-order valence-corrected chi connectivity index (χ4v) is 1.96. The lowest BCUT2D eigenvalue weighted by Gasteiger charge is -2.27. The summed E-state index contributed by atoms with van der Waals surface area (Å²) >= 11 is 0.